The van der Waals surface area contributed by atoms with E-state index in [0.29, 0.717) is 11.9 Å². The van der Waals surface area contributed by atoms with Gasteiger partial charge >= 0.3 is 0 Å². The first kappa shape index (κ1) is 14.8. The Labute approximate surface area is 117 Å². The SMILES string of the molecule is CC(C(=O)N1CCCCC1)N1CCCCC1CCN. The van der Waals surface area contributed by atoms with E-state index in [-0.39, 0.29) is 6.04 Å². The van der Waals surface area contributed by atoms with Crippen molar-refractivity contribution >= 4 is 5.91 Å². The summed E-state index contributed by atoms with van der Waals surface area (Å²) in [5.41, 5.74) is 5.72. The zero-order valence-corrected chi connectivity index (χ0v) is 12.3. The largest absolute Gasteiger partial charge is 0.341 e. The van der Waals surface area contributed by atoms with Crippen LogP contribution < -0.4 is 5.73 Å². The Kier molecular flexibility index (Phi) is 5.64. The number of nitrogens with zero attached hydrogens (tertiary/aromatic N) is 2. The van der Waals surface area contributed by atoms with Crippen LogP contribution in [0.15, 0.2) is 0 Å². The highest BCUT2D eigenvalue weighted by atomic mass is 16.2. The topological polar surface area (TPSA) is 49.6 Å². The zero-order valence-electron chi connectivity index (χ0n) is 12.3. The van der Waals surface area contributed by atoms with Crippen LogP contribution in [-0.2, 0) is 4.79 Å². The maximum atomic E-state index is 12.6. The molecule has 19 heavy (non-hydrogen) atoms. The van der Waals surface area contributed by atoms with E-state index in [0.717, 1.165) is 32.6 Å². The molecule has 0 spiro atoms. The summed E-state index contributed by atoms with van der Waals surface area (Å²) in [7, 11) is 0. The number of piperidine rings is 2. The van der Waals surface area contributed by atoms with Crippen molar-refractivity contribution in [2.24, 2.45) is 5.73 Å². The number of amides is 1. The Morgan fingerprint density at radius 2 is 1.84 bits per heavy atom. The van der Waals surface area contributed by atoms with Gasteiger partial charge in [0.1, 0.15) is 0 Å². The van der Waals surface area contributed by atoms with Crippen LogP contribution in [0.5, 0.6) is 0 Å². The molecule has 2 N–H and O–H groups in total. The normalized spacial score (nSPS) is 27.3. The van der Waals surface area contributed by atoms with Crippen molar-refractivity contribution in [1.29, 1.82) is 0 Å². The van der Waals surface area contributed by atoms with Crippen molar-refractivity contribution < 1.29 is 4.79 Å². The van der Waals surface area contributed by atoms with Crippen molar-refractivity contribution in [3.05, 3.63) is 0 Å². The molecule has 2 heterocycles. The number of carbonyl (C=O) groups is 1. The van der Waals surface area contributed by atoms with Gasteiger partial charge in [0.25, 0.3) is 0 Å². The van der Waals surface area contributed by atoms with E-state index in [1.807, 2.05) is 0 Å². The van der Waals surface area contributed by atoms with Gasteiger partial charge in [0.2, 0.25) is 5.91 Å². The van der Waals surface area contributed by atoms with Crippen LogP contribution in [0.2, 0.25) is 0 Å². The fourth-order valence-corrected chi connectivity index (χ4v) is 3.56. The lowest BCUT2D eigenvalue weighted by Gasteiger charge is -2.41. The molecule has 0 aromatic rings. The van der Waals surface area contributed by atoms with E-state index in [4.69, 9.17) is 5.73 Å². The van der Waals surface area contributed by atoms with Crippen LogP contribution in [-0.4, -0.2) is 54.0 Å². The summed E-state index contributed by atoms with van der Waals surface area (Å²) in [5, 5.41) is 0. The molecular formula is C15H29N3O. The molecule has 2 saturated heterocycles. The number of likely N-dealkylation sites (tertiary alicyclic amines) is 2. The van der Waals surface area contributed by atoms with Crippen LogP contribution >= 0.6 is 0 Å². The number of hydrogen-bond acceptors (Lipinski definition) is 3. The molecule has 0 bridgehead atoms. The summed E-state index contributed by atoms with van der Waals surface area (Å²) < 4.78 is 0. The van der Waals surface area contributed by atoms with E-state index >= 15 is 0 Å². The van der Waals surface area contributed by atoms with Crippen molar-refractivity contribution in [2.45, 2.75) is 64.0 Å². The van der Waals surface area contributed by atoms with Gasteiger partial charge in [-0.1, -0.05) is 6.42 Å². The summed E-state index contributed by atoms with van der Waals surface area (Å²) in [6.07, 6.45) is 8.35. The van der Waals surface area contributed by atoms with Gasteiger partial charge in [0.05, 0.1) is 6.04 Å². The third-order valence-electron chi connectivity index (χ3n) is 4.70. The Morgan fingerprint density at radius 3 is 2.53 bits per heavy atom. The number of carbonyl (C=O) groups excluding carboxylic acids is 1. The quantitative estimate of drug-likeness (QED) is 0.841. The van der Waals surface area contributed by atoms with Gasteiger partial charge in [-0.05, 0) is 58.5 Å². The summed E-state index contributed by atoms with van der Waals surface area (Å²) in [6.45, 7) is 5.79. The molecule has 4 nitrogen and oxygen atoms in total. The monoisotopic (exact) mass is 267 g/mol. The maximum Gasteiger partial charge on any atom is 0.239 e. The molecule has 2 atom stereocenters. The molecule has 0 aliphatic carbocycles. The zero-order chi connectivity index (χ0) is 13.7. The molecule has 0 radical (unpaired) electrons. The second-order valence-electron chi connectivity index (χ2n) is 6.03. The molecule has 0 aromatic heterocycles. The van der Waals surface area contributed by atoms with Crippen molar-refractivity contribution in [3.63, 3.8) is 0 Å². The Hall–Kier alpha value is -0.610. The van der Waals surface area contributed by atoms with E-state index in [1.165, 1.54) is 38.5 Å². The lowest BCUT2D eigenvalue weighted by molar-refractivity contribution is -0.139. The van der Waals surface area contributed by atoms with Crippen LogP contribution in [0.3, 0.4) is 0 Å². The smallest absolute Gasteiger partial charge is 0.239 e. The van der Waals surface area contributed by atoms with Crippen molar-refractivity contribution in [1.82, 2.24) is 9.80 Å². The Morgan fingerprint density at radius 1 is 1.16 bits per heavy atom. The Bertz CT molecular complexity index is 287. The molecule has 2 rings (SSSR count). The summed E-state index contributed by atoms with van der Waals surface area (Å²) >= 11 is 0. The fraction of sp³-hybridized carbons (Fsp3) is 0.933. The predicted octanol–water partition coefficient (Wildman–Crippen LogP) is 1.59. The second-order valence-corrected chi connectivity index (χ2v) is 6.03. The third-order valence-corrected chi connectivity index (χ3v) is 4.70. The lowest BCUT2D eigenvalue weighted by atomic mass is 9.97. The summed E-state index contributed by atoms with van der Waals surface area (Å²) in [5.74, 6) is 0.337. The molecule has 2 aliphatic rings. The highest BCUT2D eigenvalue weighted by molar-refractivity contribution is 5.81. The number of rotatable bonds is 4. The Balaban J connectivity index is 1.95. The molecule has 110 valence electrons. The first-order valence-electron chi connectivity index (χ1n) is 7.98. The van der Waals surface area contributed by atoms with Crippen LogP contribution in [0.25, 0.3) is 0 Å². The second kappa shape index (κ2) is 7.25. The minimum Gasteiger partial charge on any atom is -0.341 e. The molecule has 1 amide bonds. The van der Waals surface area contributed by atoms with Gasteiger partial charge in [-0.2, -0.15) is 0 Å². The third kappa shape index (κ3) is 3.69. The standard InChI is InChI=1S/C15H29N3O/c1-13(15(19)17-10-4-2-5-11-17)18-12-6-3-7-14(18)8-9-16/h13-14H,2-12,16H2,1H3. The highest BCUT2D eigenvalue weighted by Crippen LogP contribution is 2.23. The van der Waals surface area contributed by atoms with Gasteiger partial charge in [0, 0.05) is 19.1 Å². The predicted molar refractivity (Wildman–Crippen MR) is 77.9 cm³/mol. The molecule has 2 fully saturated rings. The van der Waals surface area contributed by atoms with Gasteiger partial charge in [0.15, 0.2) is 0 Å². The van der Waals surface area contributed by atoms with Crippen molar-refractivity contribution in [3.8, 4) is 0 Å². The summed E-state index contributed by atoms with van der Waals surface area (Å²) in [4.78, 5) is 17.1. The molecular weight excluding hydrogens is 238 g/mol. The molecule has 2 aliphatic heterocycles. The molecule has 0 aromatic carbocycles. The van der Waals surface area contributed by atoms with Crippen LogP contribution in [0.4, 0.5) is 0 Å². The minimum atomic E-state index is 0.0370. The average Bonchev–Trinajstić information content (AvgIpc) is 2.47. The van der Waals surface area contributed by atoms with E-state index in [2.05, 4.69) is 16.7 Å². The first-order valence-corrected chi connectivity index (χ1v) is 7.98. The maximum absolute atomic E-state index is 12.6. The average molecular weight is 267 g/mol. The van der Waals surface area contributed by atoms with Crippen LogP contribution in [0.1, 0.15) is 51.9 Å². The molecule has 2 unspecified atom stereocenters. The van der Waals surface area contributed by atoms with Gasteiger partial charge in [-0.25, -0.2) is 0 Å². The first-order chi connectivity index (χ1) is 9.24. The van der Waals surface area contributed by atoms with Gasteiger partial charge < -0.3 is 10.6 Å². The lowest BCUT2D eigenvalue weighted by Crippen LogP contribution is -2.53. The molecule has 0 saturated carbocycles. The van der Waals surface area contributed by atoms with E-state index in [1.54, 1.807) is 0 Å². The highest BCUT2D eigenvalue weighted by Gasteiger charge is 2.32. The van der Waals surface area contributed by atoms with E-state index in [9.17, 15) is 4.79 Å². The van der Waals surface area contributed by atoms with E-state index < -0.39 is 0 Å². The number of hydrogen-bond donors (Lipinski definition) is 1. The number of nitrogens with two attached hydrogens (primary N) is 1. The van der Waals surface area contributed by atoms with Crippen LogP contribution in [0, 0.1) is 0 Å². The minimum absolute atomic E-state index is 0.0370. The van der Waals surface area contributed by atoms with Crippen molar-refractivity contribution in [2.75, 3.05) is 26.2 Å². The fourth-order valence-electron chi connectivity index (χ4n) is 3.56. The summed E-state index contributed by atoms with van der Waals surface area (Å²) in [6, 6.07) is 0.553. The van der Waals surface area contributed by atoms with Gasteiger partial charge in [-0.3, -0.25) is 9.69 Å². The molecule has 4 heteroatoms. The van der Waals surface area contributed by atoms with Gasteiger partial charge in [-0.15, -0.1) is 0 Å².